The molecule has 0 amide bonds. The first kappa shape index (κ1) is 11.2. The van der Waals surface area contributed by atoms with Gasteiger partial charge in [-0.2, -0.15) is 16.4 Å². The number of hydrogen-bond donors (Lipinski definition) is 2. The topological polar surface area (TPSA) is 66.5 Å². The van der Waals surface area contributed by atoms with Crippen molar-refractivity contribution < 1.29 is 0 Å². The lowest BCUT2D eigenvalue weighted by Crippen LogP contribution is -2.18. The van der Waals surface area contributed by atoms with E-state index in [4.69, 9.17) is 0 Å². The first-order valence-electron chi connectivity index (χ1n) is 5.74. The van der Waals surface area contributed by atoms with Crippen LogP contribution in [0, 0.1) is 0 Å². The van der Waals surface area contributed by atoms with Crippen LogP contribution in [0.4, 0.5) is 5.82 Å². The zero-order valence-corrected chi connectivity index (χ0v) is 10.7. The fourth-order valence-corrected chi connectivity index (χ4v) is 2.61. The average molecular weight is 259 g/mol. The Hall–Kier alpha value is -1.95. The number of fused-ring (bicyclic) bond motifs is 1. The van der Waals surface area contributed by atoms with Crippen molar-refractivity contribution in [2.45, 2.75) is 19.4 Å². The normalized spacial score (nSPS) is 12.7. The summed E-state index contributed by atoms with van der Waals surface area (Å²) in [6.07, 6.45) is 4.27. The molecular weight excluding hydrogens is 246 g/mol. The van der Waals surface area contributed by atoms with E-state index in [1.807, 2.05) is 0 Å². The Morgan fingerprint density at radius 1 is 1.44 bits per heavy atom. The van der Waals surface area contributed by atoms with Gasteiger partial charge in [0.05, 0.1) is 11.6 Å². The molecule has 0 spiro atoms. The second-order valence-corrected chi connectivity index (χ2v) is 5.02. The molecule has 0 radical (unpaired) electrons. The van der Waals surface area contributed by atoms with E-state index in [1.54, 1.807) is 23.9 Å². The Bertz CT molecular complexity index is 631. The van der Waals surface area contributed by atoms with Crippen LogP contribution in [0.3, 0.4) is 0 Å². The highest BCUT2D eigenvalue weighted by Gasteiger charge is 2.09. The van der Waals surface area contributed by atoms with Gasteiger partial charge in [-0.3, -0.25) is 5.10 Å². The summed E-state index contributed by atoms with van der Waals surface area (Å²) >= 11 is 1.72. The molecule has 2 N–H and O–H groups in total. The van der Waals surface area contributed by atoms with E-state index >= 15 is 0 Å². The van der Waals surface area contributed by atoms with Crippen molar-refractivity contribution in [3.63, 3.8) is 0 Å². The van der Waals surface area contributed by atoms with Crippen molar-refractivity contribution in [1.29, 1.82) is 0 Å². The van der Waals surface area contributed by atoms with Gasteiger partial charge < -0.3 is 5.32 Å². The van der Waals surface area contributed by atoms with Crippen LogP contribution < -0.4 is 5.32 Å². The first-order chi connectivity index (χ1) is 8.83. The van der Waals surface area contributed by atoms with Crippen molar-refractivity contribution in [3.8, 4) is 0 Å². The smallest absolute Gasteiger partial charge is 0.160 e. The largest absolute Gasteiger partial charge is 0.367 e. The van der Waals surface area contributed by atoms with Crippen LogP contribution in [0.25, 0.3) is 11.0 Å². The lowest BCUT2D eigenvalue weighted by molar-refractivity contribution is 0.788. The van der Waals surface area contributed by atoms with E-state index in [0.29, 0.717) is 6.04 Å². The molecule has 18 heavy (non-hydrogen) atoms. The fraction of sp³-hybridized carbons (Fsp3) is 0.250. The van der Waals surface area contributed by atoms with Crippen LogP contribution in [-0.2, 0) is 6.42 Å². The van der Waals surface area contributed by atoms with Gasteiger partial charge in [0.25, 0.3) is 0 Å². The minimum atomic E-state index is 0.313. The quantitative estimate of drug-likeness (QED) is 0.755. The van der Waals surface area contributed by atoms with Gasteiger partial charge in [0.1, 0.15) is 12.1 Å². The number of aromatic amines is 1. The summed E-state index contributed by atoms with van der Waals surface area (Å²) in [5.74, 6) is 0.830. The maximum Gasteiger partial charge on any atom is 0.160 e. The van der Waals surface area contributed by atoms with Gasteiger partial charge in [-0.15, -0.1) is 0 Å². The Labute approximate surface area is 108 Å². The van der Waals surface area contributed by atoms with E-state index in [1.165, 1.54) is 5.56 Å². The van der Waals surface area contributed by atoms with Crippen LogP contribution in [0.5, 0.6) is 0 Å². The molecule has 0 bridgehead atoms. The van der Waals surface area contributed by atoms with E-state index in [-0.39, 0.29) is 0 Å². The van der Waals surface area contributed by atoms with Crippen LogP contribution in [-0.4, -0.2) is 26.2 Å². The molecule has 3 rings (SSSR count). The molecule has 5 nitrogen and oxygen atoms in total. The number of nitrogens with one attached hydrogen (secondary N) is 2. The second-order valence-electron chi connectivity index (χ2n) is 4.24. The third kappa shape index (κ3) is 2.19. The number of hydrogen-bond acceptors (Lipinski definition) is 5. The summed E-state index contributed by atoms with van der Waals surface area (Å²) in [6.45, 7) is 2.14. The number of rotatable bonds is 4. The second kappa shape index (κ2) is 4.73. The molecule has 0 saturated carbocycles. The molecule has 0 aromatic carbocycles. The maximum absolute atomic E-state index is 4.27. The first-order valence-corrected chi connectivity index (χ1v) is 6.69. The van der Waals surface area contributed by atoms with E-state index < -0.39 is 0 Å². The molecule has 92 valence electrons. The van der Waals surface area contributed by atoms with Crippen LogP contribution in [0.2, 0.25) is 0 Å². The Morgan fingerprint density at radius 2 is 2.39 bits per heavy atom. The Balaban J connectivity index is 1.77. The summed E-state index contributed by atoms with van der Waals surface area (Å²) in [6, 6.07) is 2.46. The predicted molar refractivity (Wildman–Crippen MR) is 72.8 cm³/mol. The highest BCUT2D eigenvalue weighted by molar-refractivity contribution is 7.07. The van der Waals surface area contributed by atoms with E-state index in [9.17, 15) is 0 Å². The van der Waals surface area contributed by atoms with Crippen molar-refractivity contribution >= 4 is 28.2 Å². The van der Waals surface area contributed by atoms with Crippen LogP contribution in [0.15, 0.2) is 29.4 Å². The van der Waals surface area contributed by atoms with E-state index in [0.717, 1.165) is 23.3 Å². The molecule has 6 heteroatoms. The summed E-state index contributed by atoms with van der Waals surface area (Å²) < 4.78 is 0. The third-order valence-corrected chi connectivity index (χ3v) is 3.49. The average Bonchev–Trinajstić information content (AvgIpc) is 2.99. The monoisotopic (exact) mass is 259 g/mol. The van der Waals surface area contributed by atoms with Gasteiger partial charge >= 0.3 is 0 Å². The number of aromatic nitrogens is 4. The highest BCUT2D eigenvalue weighted by Crippen LogP contribution is 2.18. The van der Waals surface area contributed by atoms with Gasteiger partial charge in [0, 0.05) is 6.04 Å². The number of H-pyrrole nitrogens is 1. The molecule has 0 fully saturated rings. The molecule has 0 aliphatic carbocycles. The van der Waals surface area contributed by atoms with Crippen molar-refractivity contribution in [2.24, 2.45) is 0 Å². The van der Waals surface area contributed by atoms with Gasteiger partial charge in [0.15, 0.2) is 5.65 Å². The predicted octanol–water partition coefficient (Wildman–Crippen LogP) is 2.46. The summed E-state index contributed by atoms with van der Waals surface area (Å²) in [5.41, 5.74) is 2.10. The molecule has 3 heterocycles. The van der Waals surface area contributed by atoms with Crippen LogP contribution >= 0.6 is 11.3 Å². The molecule has 0 saturated heterocycles. The third-order valence-electron chi connectivity index (χ3n) is 2.75. The zero-order valence-electron chi connectivity index (χ0n) is 9.92. The molecule has 1 atom stereocenters. The molecule has 0 aliphatic heterocycles. The van der Waals surface area contributed by atoms with Crippen LogP contribution in [0.1, 0.15) is 12.5 Å². The molecule has 0 aliphatic rings. The van der Waals surface area contributed by atoms with Gasteiger partial charge in [0.2, 0.25) is 0 Å². The number of nitrogens with zero attached hydrogens (tertiary/aromatic N) is 3. The van der Waals surface area contributed by atoms with Crippen molar-refractivity contribution in [2.75, 3.05) is 5.32 Å². The molecule has 1 unspecified atom stereocenters. The number of thiophene rings is 1. The Kier molecular flexibility index (Phi) is 2.93. The molecule has 3 aromatic heterocycles. The molecular formula is C12H13N5S. The molecule has 3 aromatic rings. The number of anilines is 1. The summed E-state index contributed by atoms with van der Waals surface area (Å²) in [5, 5.41) is 15.4. The van der Waals surface area contributed by atoms with E-state index in [2.05, 4.69) is 49.2 Å². The van der Waals surface area contributed by atoms with Crippen molar-refractivity contribution in [3.05, 3.63) is 34.9 Å². The summed E-state index contributed by atoms with van der Waals surface area (Å²) in [7, 11) is 0. The van der Waals surface area contributed by atoms with Gasteiger partial charge in [-0.1, -0.05) is 0 Å². The van der Waals surface area contributed by atoms with Gasteiger partial charge in [-0.05, 0) is 35.7 Å². The zero-order chi connectivity index (χ0) is 12.4. The van der Waals surface area contributed by atoms with Crippen molar-refractivity contribution in [1.82, 2.24) is 20.2 Å². The lowest BCUT2D eigenvalue weighted by Gasteiger charge is -2.13. The maximum atomic E-state index is 4.27. The van der Waals surface area contributed by atoms with Gasteiger partial charge in [-0.25, -0.2) is 9.97 Å². The fourth-order valence-electron chi connectivity index (χ4n) is 1.93. The standard InChI is InChI=1S/C12H13N5S/c1-8(4-9-2-3-18-6-9)16-11-10-5-15-17-12(10)14-7-13-11/h2-3,5-8H,4H2,1H3,(H2,13,14,15,16,17). The minimum Gasteiger partial charge on any atom is -0.367 e. The Morgan fingerprint density at radius 3 is 3.22 bits per heavy atom. The lowest BCUT2D eigenvalue weighted by atomic mass is 10.1. The highest BCUT2D eigenvalue weighted by atomic mass is 32.1. The summed E-state index contributed by atoms with van der Waals surface area (Å²) in [4.78, 5) is 8.39. The SMILES string of the molecule is CC(Cc1ccsc1)Nc1ncnc2[nH]ncc12. The minimum absolute atomic E-state index is 0.313.